The van der Waals surface area contributed by atoms with Gasteiger partial charge in [-0.15, -0.1) is 0 Å². The van der Waals surface area contributed by atoms with Gasteiger partial charge in [0.2, 0.25) is 0 Å². The summed E-state index contributed by atoms with van der Waals surface area (Å²) in [6.45, 7) is 7.06. The van der Waals surface area contributed by atoms with Gasteiger partial charge in [-0.05, 0) is 51.0 Å². The predicted octanol–water partition coefficient (Wildman–Crippen LogP) is 3.37. The van der Waals surface area contributed by atoms with Crippen LogP contribution in [0.1, 0.15) is 23.6 Å². The highest BCUT2D eigenvalue weighted by atomic mass is 32.2. The summed E-state index contributed by atoms with van der Waals surface area (Å²) < 4.78 is 32.5. The second kappa shape index (κ2) is 7.70. The first-order valence-corrected chi connectivity index (χ1v) is 9.52. The van der Waals surface area contributed by atoms with E-state index in [9.17, 15) is 13.2 Å². The van der Waals surface area contributed by atoms with Crippen molar-refractivity contribution in [3.63, 3.8) is 0 Å². The van der Waals surface area contributed by atoms with Gasteiger partial charge in [0.05, 0.1) is 17.2 Å². The molecule has 5 nitrogen and oxygen atoms in total. The maximum absolute atomic E-state index is 13.2. The van der Waals surface area contributed by atoms with Gasteiger partial charge in [-0.25, -0.2) is 8.42 Å². The normalized spacial score (nSPS) is 11.2. The van der Waals surface area contributed by atoms with Crippen LogP contribution in [0.25, 0.3) is 0 Å². The Morgan fingerprint density at radius 2 is 1.56 bits per heavy atom. The van der Waals surface area contributed by atoms with Gasteiger partial charge in [-0.3, -0.25) is 9.10 Å². The third-order valence-electron chi connectivity index (χ3n) is 3.88. The zero-order valence-corrected chi connectivity index (χ0v) is 15.8. The van der Waals surface area contributed by atoms with Crippen LogP contribution in [0, 0.1) is 20.8 Å². The first kappa shape index (κ1) is 19.0. The van der Waals surface area contributed by atoms with Crippen LogP contribution >= 0.6 is 0 Å². The van der Waals surface area contributed by atoms with E-state index in [-0.39, 0.29) is 18.0 Å². The molecule has 0 aromatic heterocycles. The zero-order valence-electron chi connectivity index (χ0n) is 14.9. The van der Waals surface area contributed by atoms with Crippen LogP contribution in [0.3, 0.4) is 0 Å². The molecule has 0 saturated heterocycles. The fraction of sp³-hybridized carbons (Fsp3) is 0.316. The van der Waals surface area contributed by atoms with Crippen molar-refractivity contribution in [3.8, 4) is 0 Å². The summed E-state index contributed by atoms with van der Waals surface area (Å²) in [7, 11) is -3.90. The Morgan fingerprint density at radius 3 is 2.08 bits per heavy atom. The molecular weight excluding hydrogens is 338 g/mol. The number of rotatable bonds is 6. The van der Waals surface area contributed by atoms with Gasteiger partial charge in [-0.1, -0.05) is 35.9 Å². The van der Waals surface area contributed by atoms with Crippen molar-refractivity contribution in [2.24, 2.45) is 0 Å². The lowest BCUT2D eigenvalue weighted by Crippen LogP contribution is -2.37. The van der Waals surface area contributed by atoms with E-state index in [1.165, 1.54) is 0 Å². The third-order valence-corrected chi connectivity index (χ3v) is 5.64. The first-order chi connectivity index (χ1) is 11.8. The van der Waals surface area contributed by atoms with Crippen molar-refractivity contribution < 1.29 is 17.9 Å². The van der Waals surface area contributed by atoms with Gasteiger partial charge in [0.15, 0.2) is 0 Å². The van der Waals surface area contributed by atoms with Crippen LogP contribution in [0.5, 0.6) is 0 Å². The highest BCUT2D eigenvalue weighted by molar-refractivity contribution is 7.92. The molecule has 0 aliphatic rings. The lowest BCUT2D eigenvalue weighted by Gasteiger charge is -2.26. The molecule has 0 bridgehead atoms. The molecule has 0 amide bonds. The van der Waals surface area contributed by atoms with E-state index in [2.05, 4.69) is 0 Å². The number of carbonyl (C=O) groups is 1. The van der Waals surface area contributed by atoms with Crippen LogP contribution in [0.2, 0.25) is 0 Å². The molecular formula is C19H23NO4S. The number of esters is 1. The lowest BCUT2D eigenvalue weighted by molar-refractivity contribution is -0.141. The Hall–Kier alpha value is -2.34. The molecule has 0 atom stereocenters. The number of carbonyl (C=O) groups excluding carboxylic acids is 1. The molecule has 0 aliphatic carbocycles. The second-order valence-electron chi connectivity index (χ2n) is 5.87. The molecule has 0 aliphatic heterocycles. The fourth-order valence-corrected chi connectivity index (χ4v) is 4.18. The SMILES string of the molecule is CCOC(=O)CN(c1c(C)cccc1C)S(=O)(=O)c1ccc(C)cc1. The minimum atomic E-state index is -3.90. The number of aryl methyl sites for hydroxylation is 3. The van der Waals surface area contributed by atoms with E-state index >= 15 is 0 Å². The summed E-state index contributed by atoms with van der Waals surface area (Å²) in [5, 5.41) is 0. The number of benzene rings is 2. The molecule has 2 rings (SSSR count). The largest absolute Gasteiger partial charge is 0.465 e. The van der Waals surface area contributed by atoms with Crippen LogP contribution in [-0.4, -0.2) is 27.5 Å². The molecule has 0 N–H and O–H groups in total. The standard InChI is InChI=1S/C19H23NO4S/c1-5-24-18(21)13-20(19-15(3)7-6-8-16(19)4)25(22,23)17-11-9-14(2)10-12-17/h6-12H,5,13H2,1-4H3. The summed E-state index contributed by atoms with van der Waals surface area (Å²) in [6, 6.07) is 12.1. The molecule has 0 radical (unpaired) electrons. The summed E-state index contributed by atoms with van der Waals surface area (Å²) >= 11 is 0. The molecule has 134 valence electrons. The average molecular weight is 361 g/mol. The number of nitrogens with zero attached hydrogens (tertiary/aromatic N) is 1. The van der Waals surface area contributed by atoms with Gasteiger partial charge in [0.25, 0.3) is 10.0 Å². The van der Waals surface area contributed by atoms with E-state index < -0.39 is 16.0 Å². The highest BCUT2D eigenvalue weighted by Crippen LogP contribution is 2.30. The third kappa shape index (κ3) is 4.20. The summed E-state index contributed by atoms with van der Waals surface area (Å²) in [5.41, 5.74) is 3.03. The van der Waals surface area contributed by atoms with Crippen molar-refractivity contribution >= 4 is 21.7 Å². The number of hydrogen-bond donors (Lipinski definition) is 0. The number of hydrogen-bond acceptors (Lipinski definition) is 4. The predicted molar refractivity (Wildman–Crippen MR) is 98.3 cm³/mol. The second-order valence-corrected chi connectivity index (χ2v) is 7.73. The van der Waals surface area contributed by atoms with Crippen molar-refractivity contribution in [2.45, 2.75) is 32.6 Å². The van der Waals surface area contributed by atoms with E-state index in [1.54, 1.807) is 31.2 Å². The number of ether oxygens (including phenoxy) is 1. The molecule has 2 aromatic carbocycles. The summed E-state index contributed by atoms with van der Waals surface area (Å²) in [6.07, 6.45) is 0. The zero-order chi connectivity index (χ0) is 18.6. The van der Waals surface area contributed by atoms with E-state index in [1.807, 2.05) is 39.0 Å². The smallest absolute Gasteiger partial charge is 0.326 e. The summed E-state index contributed by atoms with van der Waals surface area (Å²) in [5.74, 6) is -0.583. The van der Waals surface area contributed by atoms with Gasteiger partial charge in [0, 0.05) is 0 Å². The molecule has 0 fully saturated rings. The van der Waals surface area contributed by atoms with Gasteiger partial charge >= 0.3 is 5.97 Å². The Kier molecular flexibility index (Phi) is 5.85. The Morgan fingerprint density at radius 1 is 1.00 bits per heavy atom. The maximum atomic E-state index is 13.2. The first-order valence-electron chi connectivity index (χ1n) is 8.08. The van der Waals surface area contributed by atoms with Crippen LogP contribution in [-0.2, 0) is 19.6 Å². The Bertz CT molecular complexity index is 837. The van der Waals surface area contributed by atoms with Gasteiger partial charge < -0.3 is 4.74 Å². The summed E-state index contributed by atoms with van der Waals surface area (Å²) in [4.78, 5) is 12.2. The Labute approximate surface area is 149 Å². The van der Waals surface area contributed by atoms with Crippen LogP contribution in [0.15, 0.2) is 47.4 Å². The number of sulfonamides is 1. The van der Waals surface area contributed by atoms with Crippen LogP contribution in [0.4, 0.5) is 5.69 Å². The topological polar surface area (TPSA) is 63.7 Å². The molecule has 0 heterocycles. The van der Waals surface area contributed by atoms with E-state index in [0.29, 0.717) is 5.69 Å². The van der Waals surface area contributed by atoms with E-state index in [4.69, 9.17) is 4.74 Å². The average Bonchev–Trinajstić information content (AvgIpc) is 2.54. The molecule has 0 saturated carbocycles. The molecule has 2 aromatic rings. The number of para-hydroxylation sites is 1. The van der Waals surface area contributed by atoms with Crippen molar-refractivity contribution in [3.05, 3.63) is 59.2 Å². The van der Waals surface area contributed by atoms with Crippen molar-refractivity contribution in [1.82, 2.24) is 0 Å². The Balaban J connectivity index is 2.58. The highest BCUT2D eigenvalue weighted by Gasteiger charge is 2.29. The maximum Gasteiger partial charge on any atom is 0.326 e. The van der Waals surface area contributed by atoms with Crippen molar-refractivity contribution in [2.75, 3.05) is 17.5 Å². The van der Waals surface area contributed by atoms with Gasteiger partial charge in [-0.2, -0.15) is 0 Å². The lowest BCUT2D eigenvalue weighted by atomic mass is 10.1. The quantitative estimate of drug-likeness (QED) is 0.740. The minimum absolute atomic E-state index is 0.144. The molecule has 0 spiro atoms. The van der Waals surface area contributed by atoms with Crippen LogP contribution < -0.4 is 4.31 Å². The van der Waals surface area contributed by atoms with E-state index in [0.717, 1.165) is 21.0 Å². The monoisotopic (exact) mass is 361 g/mol. The fourth-order valence-electron chi connectivity index (χ4n) is 2.64. The van der Waals surface area contributed by atoms with Crippen molar-refractivity contribution in [1.29, 1.82) is 0 Å². The molecule has 0 unspecified atom stereocenters. The molecule has 6 heteroatoms. The minimum Gasteiger partial charge on any atom is -0.465 e. The number of anilines is 1. The van der Waals surface area contributed by atoms with Gasteiger partial charge in [0.1, 0.15) is 6.54 Å². The molecule has 25 heavy (non-hydrogen) atoms.